The van der Waals surface area contributed by atoms with Gasteiger partial charge in [-0.2, -0.15) is 0 Å². The van der Waals surface area contributed by atoms with Crippen molar-refractivity contribution in [2.45, 2.75) is 38.5 Å². The van der Waals surface area contributed by atoms with E-state index in [4.69, 9.17) is 4.99 Å². The Balaban J connectivity index is 1.57. The van der Waals surface area contributed by atoms with Gasteiger partial charge in [0.1, 0.15) is 5.82 Å². The van der Waals surface area contributed by atoms with Crippen LogP contribution in [0.25, 0.3) is 0 Å². The van der Waals surface area contributed by atoms with Crippen LogP contribution < -0.4 is 10.6 Å². The second kappa shape index (κ2) is 7.95. The quantitative estimate of drug-likeness (QED) is 0.588. The molecule has 0 radical (unpaired) electrons. The van der Waals surface area contributed by atoms with Crippen LogP contribution in [0.4, 0.5) is 4.39 Å². The highest BCUT2D eigenvalue weighted by atomic mass is 32.1. The van der Waals surface area contributed by atoms with E-state index < -0.39 is 0 Å². The van der Waals surface area contributed by atoms with Crippen molar-refractivity contribution in [3.63, 3.8) is 0 Å². The van der Waals surface area contributed by atoms with Crippen LogP contribution in [-0.2, 0) is 11.8 Å². The zero-order valence-corrected chi connectivity index (χ0v) is 15.6. The molecule has 1 aliphatic rings. The standard InChI is InChI=1S/C19H25FN4S/c1-3-21-18(22-11-8-17-23-12-14(2)25-17)24-13-19(9-10-19)15-4-6-16(20)7-5-15/h4-7,12H,3,8-11,13H2,1-2H3,(H2,21,22,24). The van der Waals surface area contributed by atoms with Crippen molar-refractivity contribution >= 4 is 17.3 Å². The molecule has 1 saturated carbocycles. The number of thiazole rings is 1. The predicted octanol–water partition coefficient (Wildman–Crippen LogP) is 3.42. The number of aliphatic imine (C=N–C) groups is 1. The lowest BCUT2D eigenvalue weighted by atomic mass is 9.96. The second-order valence-electron chi connectivity index (χ2n) is 6.52. The Bertz CT molecular complexity index is 719. The van der Waals surface area contributed by atoms with Gasteiger partial charge >= 0.3 is 0 Å². The van der Waals surface area contributed by atoms with E-state index in [0.717, 1.165) is 49.9 Å². The van der Waals surface area contributed by atoms with Crippen molar-refractivity contribution in [1.29, 1.82) is 0 Å². The minimum atomic E-state index is -0.185. The van der Waals surface area contributed by atoms with Gasteiger partial charge in [-0.25, -0.2) is 9.37 Å². The van der Waals surface area contributed by atoms with Crippen molar-refractivity contribution in [3.05, 3.63) is 51.7 Å². The highest BCUT2D eigenvalue weighted by Gasteiger charge is 2.44. The van der Waals surface area contributed by atoms with Crippen molar-refractivity contribution in [2.24, 2.45) is 4.99 Å². The molecule has 6 heteroatoms. The molecule has 1 aromatic carbocycles. The first-order valence-corrected chi connectivity index (χ1v) is 9.62. The Morgan fingerprint density at radius 3 is 2.64 bits per heavy atom. The summed E-state index contributed by atoms with van der Waals surface area (Å²) in [5.74, 6) is 0.652. The number of benzene rings is 1. The lowest BCUT2D eigenvalue weighted by Gasteiger charge is -2.16. The van der Waals surface area contributed by atoms with Crippen LogP contribution in [0.1, 0.15) is 35.2 Å². The molecule has 0 bridgehead atoms. The predicted molar refractivity (Wildman–Crippen MR) is 102 cm³/mol. The Morgan fingerprint density at radius 1 is 1.28 bits per heavy atom. The monoisotopic (exact) mass is 360 g/mol. The molecular weight excluding hydrogens is 335 g/mol. The van der Waals surface area contributed by atoms with E-state index >= 15 is 0 Å². The third kappa shape index (κ3) is 4.78. The largest absolute Gasteiger partial charge is 0.357 e. The molecule has 0 unspecified atom stereocenters. The van der Waals surface area contributed by atoms with Crippen LogP contribution in [0.5, 0.6) is 0 Å². The highest BCUT2D eigenvalue weighted by Crippen LogP contribution is 2.48. The summed E-state index contributed by atoms with van der Waals surface area (Å²) in [5.41, 5.74) is 1.27. The van der Waals surface area contributed by atoms with Crippen molar-refractivity contribution in [2.75, 3.05) is 19.6 Å². The average Bonchev–Trinajstić information content (AvgIpc) is 3.28. The zero-order chi connectivity index (χ0) is 17.7. The molecular formula is C19H25FN4S. The van der Waals surface area contributed by atoms with Crippen LogP contribution in [0, 0.1) is 12.7 Å². The molecule has 0 saturated heterocycles. The molecule has 25 heavy (non-hydrogen) atoms. The molecule has 0 atom stereocenters. The molecule has 4 nitrogen and oxygen atoms in total. The number of guanidine groups is 1. The van der Waals surface area contributed by atoms with Crippen LogP contribution >= 0.6 is 11.3 Å². The van der Waals surface area contributed by atoms with Crippen LogP contribution in [0.2, 0.25) is 0 Å². The van der Waals surface area contributed by atoms with E-state index in [1.165, 1.54) is 10.4 Å². The normalized spacial score (nSPS) is 15.9. The number of aryl methyl sites for hydroxylation is 1. The van der Waals surface area contributed by atoms with E-state index in [0.29, 0.717) is 0 Å². The average molecular weight is 361 g/mol. The van der Waals surface area contributed by atoms with Gasteiger partial charge in [0.2, 0.25) is 0 Å². The number of nitrogens with zero attached hydrogens (tertiary/aromatic N) is 2. The summed E-state index contributed by atoms with van der Waals surface area (Å²) in [5, 5.41) is 7.83. The number of rotatable bonds is 7. The molecule has 1 aromatic heterocycles. The number of aromatic nitrogens is 1. The van der Waals surface area contributed by atoms with Gasteiger partial charge in [0.05, 0.1) is 11.6 Å². The van der Waals surface area contributed by atoms with Gasteiger partial charge in [0.15, 0.2) is 5.96 Å². The van der Waals surface area contributed by atoms with E-state index in [1.54, 1.807) is 23.5 Å². The minimum absolute atomic E-state index is 0.0858. The zero-order valence-electron chi connectivity index (χ0n) is 14.8. The first-order chi connectivity index (χ1) is 12.1. The molecule has 0 spiro atoms. The summed E-state index contributed by atoms with van der Waals surface area (Å²) in [7, 11) is 0. The first-order valence-electron chi connectivity index (χ1n) is 8.81. The van der Waals surface area contributed by atoms with E-state index in [9.17, 15) is 4.39 Å². The lowest BCUT2D eigenvalue weighted by molar-refractivity contribution is 0.623. The van der Waals surface area contributed by atoms with Crippen molar-refractivity contribution in [1.82, 2.24) is 15.6 Å². The summed E-state index contributed by atoms with van der Waals surface area (Å²) in [6.07, 6.45) is 5.03. The third-order valence-electron chi connectivity index (χ3n) is 4.49. The molecule has 0 aliphatic heterocycles. The van der Waals surface area contributed by atoms with Gasteiger partial charge < -0.3 is 10.6 Å². The minimum Gasteiger partial charge on any atom is -0.357 e. The summed E-state index contributed by atoms with van der Waals surface area (Å²) in [6.45, 7) is 6.50. The highest BCUT2D eigenvalue weighted by molar-refractivity contribution is 7.11. The molecule has 1 heterocycles. The molecule has 2 N–H and O–H groups in total. The molecule has 134 valence electrons. The fourth-order valence-electron chi connectivity index (χ4n) is 2.87. The second-order valence-corrected chi connectivity index (χ2v) is 7.84. The van der Waals surface area contributed by atoms with Crippen molar-refractivity contribution < 1.29 is 4.39 Å². The number of nitrogens with one attached hydrogen (secondary N) is 2. The molecule has 0 amide bonds. The number of hydrogen-bond donors (Lipinski definition) is 2. The Kier molecular flexibility index (Phi) is 5.68. The molecule has 1 fully saturated rings. The summed E-state index contributed by atoms with van der Waals surface area (Å²) in [4.78, 5) is 10.4. The molecule has 1 aliphatic carbocycles. The topological polar surface area (TPSA) is 49.3 Å². The maximum absolute atomic E-state index is 13.1. The van der Waals surface area contributed by atoms with Crippen molar-refractivity contribution in [3.8, 4) is 0 Å². The van der Waals surface area contributed by atoms with Gasteiger partial charge in [-0.15, -0.1) is 11.3 Å². The smallest absolute Gasteiger partial charge is 0.191 e. The molecule has 2 aromatic rings. The van der Waals surface area contributed by atoms with Gasteiger partial charge in [0.25, 0.3) is 0 Å². The van der Waals surface area contributed by atoms with E-state index in [2.05, 4.69) is 29.5 Å². The fourth-order valence-corrected chi connectivity index (χ4v) is 3.66. The van der Waals surface area contributed by atoms with E-state index in [1.807, 2.05) is 18.3 Å². The molecule has 3 rings (SSSR count). The van der Waals surface area contributed by atoms with Crippen LogP contribution in [0.3, 0.4) is 0 Å². The summed E-state index contributed by atoms with van der Waals surface area (Å²) in [6, 6.07) is 6.86. The summed E-state index contributed by atoms with van der Waals surface area (Å²) < 4.78 is 13.1. The number of halogens is 1. The van der Waals surface area contributed by atoms with Crippen LogP contribution in [0.15, 0.2) is 35.5 Å². The maximum Gasteiger partial charge on any atom is 0.191 e. The Morgan fingerprint density at radius 2 is 2.04 bits per heavy atom. The SMILES string of the molecule is CCNC(=NCC1(c2ccc(F)cc2)CC1)NCCc1ncc(C)s1. The van der Waals surface area contributed by atoms with E-state index in [-0.39, 0.29) is 11.2 Å². The maximum atomic E-state index is 13.1. The van der Waals surface area contributed by atoms with Gasteiger partial charge in [-0.05, 0) is 44.4 Å². The van der Waals surface area contributed by atoms with Gasteiger partial charge in [-0.1, -0.05) is 12.1 Å². The Hall–Kier alpha value is -1.95. The third-order valence-corrected chi connectivity index (χ3v) is 5.47. The van der Waals surface area contributed by atoms with Gasteiger partial charge in [-0.3, -0.25) is 4.99 Å². The Labute approximate surface area is 152 Å². The lowest BCUT2D eigenvalue weighted by Crippen LogP contribution is -2.39. The van der Waals surface area contributed by atoms with Crippen LogP contribution in [-0.4, -0.2) is 30.6 Å². The first kappa shape index (κ1) is 17.9. The fraction of sp³-hybridized carbons (Fsp3) is 0.474. The summed E-state index contributed by atoms with van der Waals surface area (Å²) >= 11 is 1.74. The number of hydrogen-bond acceptors (Lipinski definition) is 3. The van der Waals surface area contributed by atoms with Gasteiger partial charge in [0, 0.05) is 36.0 Å².